The predicted molar refractivity (Wildman–Crippen MR) is 111 cm³/mol. The lowest BCUT2D eigenvalue weighted by atomic mass is 10.1. The molecule has 0 aliphatic rings. The van der Waals surface area contributed by atoms with Crippen molar-refractivity contribution in [3.63, 3.8) is 0 Å². The van der Waals surface area contributed by atoms with Crippen LogP contribution in [0.2, 0.25) is 0 Å². The fourth-order valence-electron chi connectivity index (χ4n) is 2.66. The van der Waals surface area contributed by atoms with Gasteiger partial charge in [0.2, 0.25) is 5.91 Å². The average molecular weight is 412 g/mol. The van der Waals surface area contributed by atoms with Crippen LogP contribution < -0.4 is 15.6 Å². The number of benzene rings is 2. The second-order valence-corrected chi connectivity index (χ2v) is 7.33. The van der Waals surface area contributed by atoms with Gasteiger partial charge in [0.05, 0.1) is 11.5 Å². The number of hydrazine groups is 1. The van der Waals surface area contributed by atoms with E-state index >= 15 is 0 Å². The van der Waals surface area contributed by atoms with Crippen LogP contribution in [0.3, 0.4) is 0 Å². The van der Waals surface area contributed by atoms with E-state index in [0.717, 1.165) is 21.8 Å². The van der Waals surface area contributed by atoms with Crippen molar-refractivity contribution in [1.82, 2.24) is 10.9 Å². The van der Waals surface area contributed by atoms with Gasteiger partial charge in [0.1, 0.15) is 11.6 Å². The molecule has 5 nitrogen and oxygen atoms in total. The van der Waals surface area contributed by atoms with Gasteiger partial charge in [-0.05, 0) is 60.9 Å². The standard InChI is InChI=1S/C22H21FN2O3S/c1-2-28-18-10-3-15(4-11-18)5-14-21(26)24-25-22(27)20-13-12-19(29-20)16-6-8-17(23)9-7-16/h3-4,6-13H,2,5,14H2,1H3,(H,24,26)(H,25,27). The Kier molecular flexibility index (Phi) is 6.97. The number of thiophene rings is 1. The molecule has 2 N–H and O–H groups in total. The van der Waals surface area contributed by atoms with E-state index in [9.17, 15) is 14.0 Å². The third-order valence-corrected chi connectivity index (χ3v) is 5.28. The van der Waals surface area contributed by atoms with E-state index in [0.29, 0.717) is 17.9 Å². The lowest BCUT2D eigenvalue weighted by Crippen LogP contribution is -2.41. The zero-order valence-corrected chi connectivity index (χ0v) is 16.7. The number of aryl methyl sites for hydroxylation is 1. The number of ether oxygens (including phenoxy) is 1. The summed E-state index contributed by atoms with van der Waals surface area (Å²) < 4.78 is 18.4. The molecule has 0 radical (unpaired) electrons. The zero-order chi connectivity index (χ0) is 20.6. The molecule has 1 aromatic heterocycles. The molecule has 0 spiro atoms. The molecule has 150 valence electrons. The number of halogens is 1. The monoisotopic (exact) mass is 412 g/mol. The van der Waals surface area contributed by atoms with Gasteiger partial charge < -0.3 is 4.74 Å². The fourth-order valence-corrected chi connectivity index (χ4v) is 3.56. The molecular weight excluding hydrogens is 391 g/mol. The van der Waals surface area contributed by atoms with Gasteiger partial charge in [-0.2, -0.15) is 0 Å². The summed E-state index contributed by atoms with van der Waals surface area (Å²) in [5.74, 6) is -0.180. The van der Waals surface area contributed by atoms with E-state index in [-0.39, 0.29) is 18.1 Å². The fraction of sp³-hybridized carbons (Fsp3) is 0.182. The summed E-state index contributed by atoms with van der Waals surface area (Å²) >= 11 is 1.27. The molecule has 0 fully saturated rings. The highest BCUT2D eigenvalue weighted by Crippen LogP contribution is 2.28. The van der Waals surface area contributed by atoms with Crippen molar-refractivity contribution in [1.29, 1.82) is 0 Å². The molecule has 7 heteroatoms. The Morgan fingerprint density at radius 2 is 1.69 bits per heavy atom. The molecular formula is C22H21FN2O3S. The van der Waals surface area contributed by atoms with Crippen molar-refractivity contribution in [3.05, 3.63) is 76.9 Å². The van der Waals surface area contributed by atoms with Crippen molar-refractivity contribution in [2.75, 3.05) is 6.61 Å². The van der Waals surface area contributed by atoms with Crippen LogP contribution in [0.15, 0.2) is 60.7 Å². The molecule has 3 rings (SSSR count). The predicted octanol–water partition coefficient (Wildman–Crippen LogP) is 4.35. The van der Waals surface area contributed by atoms with Crippen molar-refractivity contribution < 1.29 is 18.7 Å². The summed E-state index contributed by atoms with van der Waals surface area (Å²) in [7, 11) is 0. The summed E-state index contributed by atoms with van der Waals surface area (Å²) in [5.41, 5.74) is 6.70. The van der Waals surface area contributed by atoms with Crippen LogP contribution in [-0.2, 0) is 11.2 Å². The third kappa shape index (κ3) is 5.89. The number of amides is 2. The average Bonchev–Trinajstić information content (AvgIpc) is 3.22. The number of hydrogen-bond acceptors (Lipinski definition) is 4. The van der Waals surface area contributed by atoms with E-state index in [2.05, 4.69) is 10.9 Å². The molecule has 2 amide bonds. The molecule has 29 heavy (non-hydrogen) atoms. The number of hydrogen-bond donors (Lipinski definition) is 2. The molecule has 2 aromatic carbocycles. The lowest BCUT2D eigenvalue weighted by molar-refractivity contribution is -0.121. The molecule has 1 heterocycles. The van der Waals surface area contributed by atoms with Crippen LogP contribution in [-0.4, -0.2) is 18.4 Å². The Balaban J connectivity index is 1.46. The van der Waals surface area contributed by atoms with Gasteiger partial charge in [-0.25, -0.2) is 4.39 Å². The van der Waals surface area contributed by atoms with Gasteiger partial charge in [0.15, 0.2) is 0 Å². The maximum Gasteiger partial charge on any atom is 0.279 e. The number of nitrogens with one attached hydrogen (secondary N) is 2. The summed E-state index contributed by atoms with van der Waals surface area (Å²) in [6, 6.07) is 17.1. The molecule has 0 saturated carbocycles. The second kappa shape index (κ2) is 9.84. The maximum absolute atomic E-state index is 13.0. The largest absolute Gasteiger partial charge is 0.494 e. The third-order valence-electron chi connectivity index (χ3n) is 4.15. The van der Waals surface area contributed by atoms with E-state index < -0.39 is 5.91 Å². The minimum Gasteiger partial charge on any atom is -0.494 e. The van der Waals surface area contributed by atoms with Gasteiger partial charge in [-0.15, -0.1) is 11.3 Å². The topological polar surface area (TPSA) is 67.4 Å². The quantitative estimate of drug-likeness (QED) is 0.567. The highest BCUT2D eigenvalue weighted by Gasteiger charge is 2.11. The van der Waals surface area contributed by atoms with Crippen LogP contribution >= 0.6 is 11.3 Å². The van der Waals surface area contributed by atoms with Crippen LogP contribution in [0.4, 0.5) is 4.39 Å². The van der Waals surface area contributed by atoms with E-state index in [1.54, 1.807) is 24.3 Å². The lowest BCUT2D eigenvalue weighted by Gasteiger charge is -2.07. The van der Waals surface area contributed by atoms with Crippen LogP contribution in [0.1, 0.15) is 28.6 Å². The van der Waals surface area contributed by atoms with Gasteiger partial charge in [-0.3, -0.25) is 20.4 Å². The molecule has 0 unspecified atom stereocenters. The highest BCUT2D eigenvalue weighted by molar-refractivity contribution is 7.17. The molecule has 0 atom stereocenters. The smallest absolute Gasteiger partial charge is 0.279 e. The molecule has 0 aliphatic heterocycles. The minimum absolute atomic E-state index is 0.250. The SMILES string of the molecule is CCOc1ccc(CCC(=O)NNC(=O)c2ccc(-c3ccc(F)cc3)s2)cc1. The first-order chi connectivity index (χ1) is 14.0. The molecule has 0 saturated heterocycles. The molecule has 0 aliphatic carbocycles. The van der Waals surface area contributed by atoms with E-state index in [1.165, 1.54) is 23.5 Å². The Bertz CT molecular complexity index is 968. The minimum atomic E-state index is -0.391. The highest BCUT2D eigenvalue weighted by atomic mass is 32.1. The normalized spacial score (nSPS) is 10.4. The van der Waals surface area contributed by atoms with E-state index in [4.69, 9.17) is 4.74 Å². The summed E-state index contributed by atoms with van der Waals surface area (Å²) in [4.78, 5) is 25.5. The Labute approximate surface area is 172 Å². The first kappa shape index (κ1) is 20.5. The van der Waals surface area contributed by atoms with Crippen molar-refractivity contribution >= 4 is 23.2 Å². The summed E-state index contributed by atoms with van der Waals surface area (Å²) in [5, 5.41) is 0. The molecule has 0 bridgehead atoms. The second-order valence-electron chi connectivity index (χ2n) is 6.25. The van der Waals surface area contributed by atoms with Crippen molar-refractivity contribution in [2.45, 2.75) is 19.8 Å². The Morgan fingerprint density at radius 1 is 0.966 bits per heavy atom. The Hall–Kier alpha value is -3.19. The first-order valence-corrected chi connectivity index (χ1v) is 10.0. The summed E-state index contributed by atoms with van der Waals surface area (Å²) in [6.45, 7) is 2.53. The van der Waals surface area contributed by atoms with Crippen LogP contribution in [0, 0.1) is 5.82 Å². The van der Waals surface area contributed by atoms with Gasteiger partial charge in [0.25, 0.3) is 5.91 Å². The zero-order valence-electron chi connectivity index (χ0n) is 15.9. The van der Waals surface area contributed by atoms with Gasteiger partial charge >= 0.3 is 0 Å². The van der Waals surface area contributed by atoms with Gasteiger partial charge in [-0.1, -0.05) is 24.3 Å². The van der Waals surface area contributed by atoms with Crippen molar-refractivity contribution in [3.8, 4) is 16.2 Å². The molecule has 3 aromatic rings. The van der Waals surface area contributed by atoms with E-state index in [1.807, 2.05) is 31.2 Å². The Morgan fingerprint density at radius 3 is 2.38 bits per heavy atom. The van der Waals surface area contributed by atoms with Crippen molar-refractivity contribution in [2.24, 2.45) is 0 Å². The van der Waals surface area contributed by atoms with Gasteiger partial charge in [0, 0.05) is 11.3 Å². The number of rotatable bonds is 7. The maximum atomic E-state index is 13.0. The summed E-state index contributed by atoms with van der Waals surface area (Å²) in [6.07, 6.45) is 0.807. The number of carbonyl (C=O) groups excluding carboxylic acids is 2. The van der Waals surface area contributed by atoms with Crippen LogP contribution in [0.25, 0.3) is 10.4 Å². The first-order valence-electron chi connectivity index (χ1n) is 9.22. The van der Waals surface area contributed by atoms with Crippen LogP contribution in [0.5, 0.6) is 5.75 Å². The number of carbonyl (C=O) groups is 2.